The average molecular weight is 528 g/mol. The van der Waals surface area contributed by atoms with E-state index in [1.54, 1.807) is 0 Å². The van der Waals surface area contributed by atoms with E-state index in [1.165, 1.54) is 23.3 Å². The molecule has 1 aliphatic rings. The Balaban J connectivity index is 1.61. The van der Waals surface area contributed by atoms with Gasteiger partial charge in [0.1, 0.15) is 24.6 Å². The van der Waals surface area contributed by atoms with Crippen LogP contribution in [-0.4, -0.2) is 73.7 Å². The molecule has 5 N–H and O–H groups in total. The number of aliphatic hydroxyl groups excluding tert-OH is 2. The minimum Gasteiger partial charge on any atom is -0.387 e. The van der Waals surface area contributed by atoms with Gasteiger partial charge in [-0.2, -0.15) is 4.31 Å². The molecule has 3 aromatic heterocycles. The molecule has 180 valence electrons. The summed E-state index contributed by atoms with van der Waals surface area (Å²) in [4.78, 5) is 51.4. The van der Waals surface area contributed by atoms with Crippen molar-refractivity contribution in [1.82, 2.24) is 23.9 Å². The van der Waals surface area contributed by atoms with E-state index in [0.717, 1.165) is 4.40 Å². The molecule has 0 radical (unpaired) electrons. The molecule has 0 bridgehead atoms. The fourth-order valence-corrected chi connectivity index (χ4v) is 4.98. The van der Waals surface area contributed by atoms with E-state index in [4.69, 9.17) is 26.1 Å². The van der Waals surface area contributed by atoms with Gasteiger partial charge in [0.05, 0.1) is 24.5 Å². The van der Waals surface area contributed by atoms with Crippen molar-refractivity contribution in [2.24, 2.45) is 0 Å². The van der Waals surface area contributed by atoms with E-state index in [0.29, 0.717) is 5.69 Å². The van der Waals surface area contributed by atoms with Crippen LogP contribution in [-0.2, 0) is 28.6 Å². The van der Waals surface area contributed by atoms with Crippen molar-refractivity contribution in [3.05, 3.63) is 34.8 Å². The molecule has 3 aromatic rings. The summed E-state index contributed by atoms with van der Waals surface area (Å²) < 4.78 is 38.4. The van der Waals surface area contributed by atoms with Crippen LogP contribution in [0.2, 0.25) is 0 Å². The van der Waals surface area contributed by atoms with Gasteiger partial charge in [-0.05, 0) is 0 Å². The minimum absolute atomic E-state index is 0.0188. The van der Waals surface area contributed by atoms with Crippen LogP contribution in [0.5, 0.6) is 0 Å². The molecular weight excluding hydrogens is 512 g/mol. The number of halogens is 1. The summed E-state index contributed by atoms with van der Waals surface area (Å²) in [5.41, 5.74) is 0.311. The third-order valence-corrected chi connectivity index (χ3v) is 7.07. The molecule has 33 heavy (non-hydrogen) atoms. The summed E-state index contributed by atoms with van der Waals surface area (Å²) in [6, 6.07) is 1.24. The molecule has 1 saturated heterocycles. The van der Waals surface area contributed by atoms with Crippen molar-refractivity contribution >= 4 is 44.1 Å². The molecule has 0 amide bonds. The van der Waals surface area contributed by atoms with E-state index in [1.807, 2.05) is 0 Å². The summed E-state index contributed by atoms with van der Waals surface area (Å²) >= 11 is 5.77. The molecule has 19 heteroatoms. The number of hydrogen-bond acceptors (Lipinski definition) is 11. The SMILES string of the molecule is O=c1cc(CCl)nc2c3ncn([C@@H]4O[C@H](COP(=O)(O)OP(=O)(O)O)[C@@H](O)[C@H]4O)c3ncn12. The summed E-state index contributed by atoms with van der Waals surface area (Å²) in [6.07, 6.45) is -3.51. The lowest BCUT2D eigenvalue weighted by atomic mass is 10.1. The van der Waals surface area contributed by atoms with Gasteiger partial charge in [-0.15, -0.1) is 11.6 Å². The van der Waals surface area contributed by atoms with Gasteiger partial charge < -0.3 is 29.6 Å². The first kappa shape index (κ1) is 24.3. The molecule has 0 aliphatic carbocycles. The number of phosphoric acid groups is 2. The topological polar surface area (TPSA) is 228 Å². The quantitative estimate of drug-likeness (QED) is 0.184. The van der Waals surface area contributed by atoms with E-state index >= 15 is 0 Å². The molecule has 4 rings (SSSR count). The lowest BCUT2D eigenvalue weighted by Crippen LogP contribution is -2.33. The average Bonchev–Trinajstić information content (AvgIpc) is 3.26. The number of aromatic nitrogens is 5. The standard InChI is InChI=1S/C14H16ClN5O11P2/c15-2-6-1-8(21)19-5-17-12-9(13(19)18-6)16-4-20(12)14-11(23)10(22)7(30-14)3-29-33(27,28)31-32(24,25)26/h1,4-5,7,10-11,14,22-23H,2-3H2,(H,27,28)(H2,24,25,26)/t7-,10-,11-,14-/m1/s1. The van der Waals surface area contributed by atoms with E-state index in [2.05, 4.69) is 23.8 Å². The number of alkyl halides is 1. The second-order valence-electron chi connectivity index (χ2n) is 6.86. The number of phosphoric ester groups is 1. The van der Waals surface area contributed by atoms with Crippen LogP contribution in [0.4, 0.5) is 0 Å². The number of fused-ring (bicyclic) bond motifs is 3. The maximum absolute atomic E-state index is 12.2. The van der Waals surface area contributed by atoms with Gasteiger partial charge in [0.25, 0.3) is 5.56 Å². The second-order valence-corrected chi connectivity index (χ2v) is 9.96. The lowest BCUT2D eigenvalue weighted by Gasteiger charge is -2.17. The highest BCUT2D eigenvalue weighted by Gasteiger charge is 2.46. The molecule has 5 atom stereocenters. The normalized spacial score (nSPS) is 25.6. The molecule has 0 spiro atoms. The van der Waals surface area contributed by atoms with E-state index < -0.39 is 52.4 Å². The van der Waals surface area contributed by atoms with Gasteiger partial charge in [-0.25, -0.2) is 28.5 Å². The van der Waals surface area contributed by atoms with Gasteiger partial charge in [0, 0.05) is 6.07 Å². The highest BCUT2D eigenvalue weighted by molar-refractivity contribution is 7.60. The number of ether oxygens (including phenoxy) is 1. The van der Waals surface area contributed by atoms with Crippen LogP contribution < -0.4 is 5.56 Å². The summed E-state index contributed by atoms with van der Waals surface area (Å²) in [7, 11) is -10.5. The summed E-state index contributed by atoms with van der Waals surface area (Å²) in [6.45, 7) is -0.860. The van der Waals surface area contributed by atoms with Crippen molar-refractivity contribution in [3.63, 3.8) is 0 Å². The molecule has 1 fully saturated rings. The van der Waals surface area contributed by atoms with Crippen LogP contribution in [0.1, 0.15) is 11.9 Å². The third kappa shape index (κ3) is 4.87. The second kappa shape index (κ2) is 8.76. The zero-order chi connectivity index (χ0) is 24.1. The molecular formula is C14H16ClN5O11P2. The lowest BCUT2D eigenvalue weighted by molar-refractivity contribution is -0.0503. The Kier molecular flexibility index (Phi) is 6.46. The zero-order valence-corrected chi connectivity index (χ0v) is 18.7. The molecule has 16 nitrogen and oxygen atoms in total. The zero-order valence-electron chi connectivity index (χ0n) is 16.1. The fourth-order valence-electron chi connectivity index (χ4n) is 3.25. The maximum atomic E-state index is 12.2. The first-order chi connectivity index (χ1) is 15.4. The fraction of sp³-hybridized carbons (Fsp3) is 0.429. The Morgan fingerprint density at radius 2 is 1.85 bits per heavy atom. The number of rotatable bonds is 7. The highest BCUT2D eigenvalue weighted by atomic mass is 35.5. The summed E-state index contributed by atoms with van der Waals surface area (Å²) in [5, 5.41) is 20.7. The molecule has 1 unspecified atom stereocenters. The van der Waals surface area contributed by atoms with Crippen molar-refractivity contribution in [2.75, 3.05) is 6.61 Å². The minimum atomic E-state index is -5.33. The molecule has 1 aliphatic heterocycles. The first-order valence-electron chi connectivity index (χ1n) is 8.96. The Labute approximate surface area is 187 Å². The predicted octanol–water partition coefficient (Wildman–Crippen LogP) is -0.977. The highest BCUT2D eigenvalue weighted by Crippen LogP contribution is 2.57. The van der Waals surface area contributed by atoms with Crippen molar-refractivity contribution in [2.45, 2.75) is 30.4 Å². The Morgan fingerprint density at radius 1 is 1.12 bits per heavy atom. The Morgan fingerprint density at radius 3 is 2.52 bits per heavy atom. The Hall–Kier alpha value is -1.81. The van der Waals surface area contributed by atoms with Gasteiger partial charge in [0.15, 0.2) is 23.0 Å². The van der Waals surface area contributed by atoms with Gasteiger partial charge in [0.2, 0.25) is 0 Å². The van der Waals surface area contributed by atoms with Crippen molar-refractivity contribution in [1.29, 1.82) is 0 Å². The monoisotopic (exact) mass is 527 g/mol. The van der Waals surface area contributed by atoms with Crippen molar-refractivity contribution in [3.8, 4) is 0 Å². The van der Waals surface area contributed by atoms with Crippen LogP contribution in [0, 0.1) is 0 Å². The predicted molar refractivity (Wildman–Crippen MR) is 107 cm³/mol. The number of aliphatic hydroxyl groups is 2. The van der Waals surface area contributed by atoms with Gasteiger partial charge in [-0.3, -0.25) is 13.9 Å². The molecule has 0 aromatic carbocycles. The molecule has 4 heterocycles. The third-order valence-electron chi connectivity index (χ3n) is 4.64. The van der Waals surface area contributed by atoms with Crippen LogP contribution in [0.3, 0.4) is 0 Å². The number of nitrogens with zero attached hydrogens (tertiary/aromatic N) is 5. The van der Waals surface area contributed by atoms with Gasteiger partial charge >= 0.3 is 15.6 Å². The van der Waals surface area contributed by atoms with Crippen LogP contribution in [0.15, 0.2) is 23.5 Å². The number of hydrogen-bond donors (Lipinski definition) is 5. The Bertz CT molecular complexity index is 1360. The molecule has 0 saturated carbocycles. The smallest absolute Gasteiger partial charge is 0.387 e. The number of imidazole rings is 1. The van der Waals surface area contributed by atoms with E-state index in [9.17, 15) is 29.0 Å². The maximum Gasteiger partial charge on any atom is 0.481 e. The largest absolute Gasteiger partial charge is 0.481 e. The van der Waals surface area contributed by atoms with Gasteiger partial charge in [-0.1, -0.05) is 0 Å². The van der Waals surface area contributed by atoms with Crippen LogP contribution in [0.25, 0.3) is 16.8 Å². The van der Waals surface area contributed by atoms with Crippen LogP contribution >= 0.6 is 27.2 Å². The summed E-state index contributed by atoms with van der Waals surface area (Å²) in [5.74, 6) is -0.0188. The first-order valence-corrected chi connectivity index (χ1v) is 12.5. The van der Waals surface area contributed by atoms with Crippen molar-refractivity contribution < 1.29 is 47.6 Å². The van der Waals surface area contributed by atoms with E-state index in [-0.39, 0.29) is 22.7 Å².